The summed E-state index contributed by atoms with van der Waals surface area (Å²) in [6.07, 6.45) is -1.24. The Morgan fingerprint density at radius 2 is 2.00 bits per heavy atom. The molecule has 0 aromatic carbocycles. The molecule has 1 heterocycles. The third kappa shape index (κ3) is 1.18. The Hall–Kier alpha value is -0.120. The molecule has 1 saturated heterocycles. The van der Waals surface area contributed by atoms with E-state index in [-0.39, 0.29) is 0 Å². The van der Waals surface area contributed by atoms with Crippen molar-refractivity contribution < 1.29 is 14.6 Å². The smallest absolute Gasteiger partial charge is 0.183 e. The number of ether oxygens (including phenoxy) is 2. The summed E-state index contributed by atoms with van der Waals surface area (Å²) in [6.45, 7) is 4.46. The average molecular weight is 117 g/mol. The van der Waals surface area contributed by atoms with E-state index in [0.717, 1.165) is 0 Å². The monoisotopic (exact) mass is 117 g/mol. The molecule has 1 aliphatic heterocycles. The van der Waals surface area contributed by atoms with Gasteiger partial charge in [-0.05, 0) is 6.92 Å². The van der Waals surface area contributed by atoms with Crippen molar-refractivity contribution in [3.8, 4) is 0 Å². The molecule has 0 aliphatic carbocycles. The molecule has 1 aliphatic rings. The molecule has 8 heavy (non-hydrogen) atoms. The molecule has 3 heteroatoms. The highest BCUT2D eigenvalue weighted by molar-refractivity contribution is 4.64. The highest BCUT2D eigenvalue weighted by atomic mass is 16.7. The van der Waals surface area contributed by atoms with Gasteiger partial charge in [0.2, 0.25) is 0 Å². The molecule has 1 rings (SSSR count). The highest BCUT2D eigenvalue weighted by Gasteiger charge is 2.20. The zero-order valence-electron chi connectivity index (χ0n) is 4.54. The van der Waals surface area contributed by atoms with Crippen LogP contribution in [0.15, 0.2) is 0 Å². The lowest BCUT2D eigenvalue weighted by molar-refractivity contribution is -0.104. The molecule has 3 nitrogen and oxygen atoms in total. The molecule has 1 unspecified atom stereocenters. The fraction of sp³-hybridized carbons (Fsp3) is 0.800. The van der Waals surface area contributed by atoms with E-state index in [2.05, 4.69) is 6.92 Å². The third-order valence-corrected chi connectivity index (χ3v) is 0.962. The number of aliphatic hydroxyl groups excluding tert-OH is 1. The molecule has 0 bridgehead atoms. The SMILES string of the molecule is [CH2]C(O)C1OCCO1. The predicted molar refractivity (Wildman–Crippen MR) is 27.1 cm³/mol. The minimum absolute atomic E-state index is 0.491. The molecule has 0 saturated carbocycles. The van der Waals surface area contributed by atoms with E-state index in [0.29, 0.717) is 13.2 Å². The topological polar surface area (TPSA) is 38.7 Å². The summed E-state index contributed by atoms with van der Waals surface area (Å²) >= 11 is 0. The number of hydrogen-bond donors (Lipinski definition) is 1. The second kappa shape index (κ2) is 2.44. The number of rotatable bonds is 1. The van der Waals surface area contributed by atoms with Crippen LogP contribution >= 0.6 is 0 Å². The van der Waals surface area contributed by atoms with Crippen LogP contribution < -0.4 is 0 Å². The van der Waals surface area contributed by atoms with Gasteiger partial charge in [-0.15, -0.1) is 0 Å². The number of aliphatic hydroxyl groups is 1. The van der Waals surface area contributed by atoms with Crippen molar-refractivity contribution in [1.82, 2.24) is 0 Å². The minimum Gasteiger partial charge on any atom is -0.388 e. The first-order valence-corrected chi connectivity index (χ1v) is 2.55. The van der Waals surface area contributed by atoms with Gasteiger partial charge in [0, 0.05) is 0 Å². The quantitative estimate of drug-likeness (QED) is 0.505. The maximum atomic E-state index is 8.69. The molecule has 1 atom stereocenters. The maximum Gasteiger partial charge on any atom is 0.183 e. The van der Waals surface area contributed by atoms with Gasteiger partial charge in [-0.3, -0.25) is 0 Å². The molecule has 1 N–H and O–H groups in total. The highest BCUT2D eigenvalue weighted by Crippen LogP contribution is 2.06. The summed E-state index contributed by atoms with van der Waals surface area (Å²) in [7, 11) is 0. The minimum atomic E-state index is -0.752. The summed E-state index contributed by atoms with van der Waals surface area (Å²) in [5.74, 6) is 0. The van der Waals surface area contributed by atoms with E-state index in [9.17, 15) is 0 Å². The Balaban J connectivity index is 2.24. The van der Waals surface area contributed by atoms with Crippen LogP contribution in [0.3, 0.4) is 0 Å². The van der Waals surface area contributed by atoms with Crippen molar-refractivity contribution in [2.75, 3.05) is 13.2 Å². The third-order valence-electron chi connectivity index (χ3n) is 0.962. The molecule has 47 valence electrons. The van der Waals surface area contributed by atoms with Gasteiger partial charge in [-0.25, -0.2) is 0 Å². The van der Waals surface area contributed by atoms with Gasteiger partial charge >= 0.3 is 0 Å². The molecule has 1 radical (unpaired) electrons. The van der Waals surface area contributed by atoms with Crippen LogP contribution in [0.25, 0.3) is 0 Å². The first-order valence-electron chi connectivity index (χ1n) is 2.55. The van der Waals surface area contributed by atoms with Crippen molar-refractivity contribution in [2.45, 2.75) is 12.4 Å². The van der Waals surface area contributed by atoms with Gasteiger partial charge in [0.25, 0.3) is 0 Å². The van der Waals surface area contributed by atoms with E-state index in [4.69, 9.17) is 14.6 Å². The zero-order chi connectivity index (χ0) is 5.98. The summed E-state index contributed by atoms with van der Waals surface area (Å²) in [5.41, 5.74) is 0. The Morgan fingerprint density at radius 1 is 1.50 bits per heavy atom. The van der Waals surface area contributed by atoms with Crippen molar-refractivity contribution in [1.29, 1.82) is 0 Å². The lowest BCUT2D eigenvalue weighted by atomic mass is 10.4. The lowest BCUT2D eigenvalue weighted by Gasteiger charge is -2.09. The van der Waals surface area contributed by atoms with Gasteiger partial charge in [0.1, 0.15) is 6.10 Å². The fourth-order valence-electron chi connectivity index (χ4n) is 0.599. The van der Waals surface area contributed by atoms with Crippen LogP contribution in [-0.2, 0) is 9.47 Å². The standard InChI is InChI=1S/C5H9O3/c1-4(6)5-7-2-3-8-5/h4-6H,1-3H2. The molecule has 0 spiro atoms. The van der Waals surface area contributed by atoms with E-state index in [1.54, 1.807) is 0 Å². The predicted octanol–water partition coefficient (Wildman–Crippen LogP) is -0.446. The normalized spacial score (nSPS) is 26.2. The van der Waals surface area contributed by atoms with Gasteiger partial charge in [-0.1, -0.05) is 0 Å². The van der Waals surface area contributed by atoms with Crippen molar-refractivity contribution in [2.24, 2.45) is 0 Å². The fourth-order valence-corrected chi connectivity index (χ4v) is 0.599. The first-order chi connectivity index (χ1) is 3.80. The van der Waals surface area contributed by atoms with Gasteiger partial charge in [0.15, 0.2) is 6.29 Å². The maximum absolute atomic E-state index is 8.69. The van der Waals surface area contributed by atoms with Crippen LogP contribution in [-0.4, -0.2) is 30.7 Å². The second-order valence-electron chi connectivity index (χ2n) is 1.68. The Bertz CT molecular complexity index is 66.1. The number of hydrogen-bond acceptors (Lipinski definition) is 3. The summed E-state index contributed by atoms with van der Waals surface area (Å²) < 4.78 is 9.76. The van der Waals surface area contributed by atoms with E-state index >= 15 is 0 Å². The summed E-state index contributed by atoms with van der Waals surface area (Å²) in [4.78, 5) is 0. The van der Waals surface area contributed by atoms with Crippen LogP contribution in [0, 0.1) is 6.92 Å². The molecule has 0 aromatic rings. The molecule has 1 fully saturated rings. The summed E-state index contributed by atoms with van der Waals surface area (Å²) in [6, 6.07) is 0. The lowest BCUT2D eigenvalue weighted by Crippen LogP contribution is -2.23. The Morgan fingerprint density at radius 3 is 2.25 bits per heavy atom. The average Bonchev–Trinajstić information content (AvgIpc) is 2.12. The van der Waals surface area contributed by atoms with Crippen LogP contribution in [0.1, 0.15) is 0 Å². The van der Waals surface area contributed by atoms with Crippen molar-refractivity contribution in [3.05, 3.63) is 6.92 Å². The zero-order valence-corrected chi connectivity index (χ0v) is 4.54. The van der Waals surface area contributed by atoms with E-state index < -0.39 is 12.4 Å². The van der Waals surface area contributed by atoms with Crippen LogP contribution in [0.5, 0.6) is 0 Å². The second-order valence-corrected chi connectivity index (χ2v) is 1.68. The van der Waals surface area contributed by atoms with Gasteiger partial charge in [-0.2, -0.15) is 0 Å². The molecule has 0 amide bonds. The van der Waals surface area contributed by atoms with Crippen LogP contribution in [0.2, 0.25) is 0 Å². The largest absolute Gasteiger partial charge is 0.388 e. The van der Waals surface area contributed by atoms with E-state index in [1.807, 2.05) is 0 Å². The van der Waals surface area contributed by atoms with Crippen LogP contribution in [0.4, 0.5) is 0 Å². The molecular formula is C5H9O3. The molecule has 0 aromatic heterocycles. The van der Waals surface area contributed by atoms with E-state index in [1.165, 1.54) is 0 Å². The van der Waals surface area contributed by atoms with Crippen molar-refractivity contribution >= 4 is 0 Å². The summed E-state index contributed by atoms with van der Waals surface area (Å²) in [5, 5.41) is 8.69. The van der Waals surface area contributed by atoms with Gasteiger partial charge < -0.3 is 14.6 Å². The first kappa shape index (κ1) is 6.01. The van der Waals surface area contributed by atoms with Gasteiger partial charge in [0.05, 0.1) is 13.2 Å². The Kier molecular flexibility index (Phi) is 1.83. The molecular weight excluding hydrogens is 108 g/mol. The van der Waals surface area contributed by atoms with Crippen molar-refractivity contribution in [3.63, 3.8) is 0 Å². The Labute approximate surface area is 48.2 Å².